The standard InChI is InChI=1S/C18H33N7/c1-4-19-18(21-15-8-11-24(12-9-15)14(2)3)20-13-17-23-22-16-7-5-6-10-25(16)17/h14-15H,4-13H2,1-3H3,(H2,19,20,21). The van der Waals surface area contributed by atoms with E-state index < -0.39 is 0 Å². The second-order valence-electron chi connectivity index (χ2n) is 7.38. The van der Waals surface area contributed by atoms with Crippen LogP contribution in [0.1, 0.15) is 58.1 Å². The minimum absolute atomic E-state index is 0.500. The van der Waals surface area contributed by atoms with Gasteiger partial charge in [-0.2, -0.15) is 0 Å². The molecule has 2 aliphatic rings. The van der Waals surface area contributed by atoms with Crippen LogP contribution in [-0.2, 0) is 19.5 Å². The highest BCUT2D eigenvalue weighted by Gasteiger charge is 2.21. The number of guanidine groups is 1. The summed E-state index contributed by atoms with van der Waals surface area (Å²) in [5.74, 6) is 3.01. The SMILES string of the molecule is CCNC(=NCc1nnc2n1CCCC2)NC1CCN(C(C)C)CC1. The molecule has 0 unspecified atom stereocenters. The molecule has 25 heavy (non-hydrogen) atoms. The third-order valence-corrected chi connectivity index (χ3v) is 5.26. The molecule has 140 valence electrons. The number of rotatable bonds is 5. The first kappa shape index (κ1) is 18.2. The zero-order valence-electron chi connectivity index (χ0n) is 16.0. The third-order valence-electron chi connectivity index (χ3n) is 5.26. The van der Waals surface area contributed by atoms with Crippen molar-refractivity contribution in [1.29, 1.82) is 0 Å². The molecule has 0 radical (unpaired) electrons. The molecule has 0 saturated carbocycles. The summed E-state index contributed by atoms with van der Waals surface area (Å²) >= 11 is 0. The van der Waals surface area contributed by atoms with Crippen molar-refractivity contribution in [2.45, 2.75) is 78.0 Å². The molecule has 7 heteroatoms. The molecule has 1 saturated heterocycles. The molecule has 7 nitrogen and oxygen atoms in total. The molecular formula is C18H33N7. The number of hydrogen-bond donors (Lipinski definition) is 2. The van der Waals surface area contributed by atoms with Gasteiger partial charge in [0.25, 0.3) is 0 Å². The van der Waals surface area contributed by atoms with Crippen molar-refractivity contribution in [2.75, 3.05) is 19.6 Å². The van der Waals surface area contributed by atoms with E-state index in [1.807, 2.05) is 0 Å². The highest BCUT2D eigenvalue weighted by atomic mass is 15.3. The van der Waals surface area contributed by atoms with Gasteiger partial charge in [0, 0.05) is 44.7 Å². The van der Waals surface area contributed by atoms with Gasteiger partial charge in [-0.25, -0.2) is 4.99 Å². The molecule has 0 amide bonds. The molecule has 2 N–H and O–H groups in total. The number of hydrogen-bond acceptors (Lipinski definition) is 4. The maximum absolute atomic E-state index is 4.77. The van der Waals surface area contributed by atoms with E-state index in [9.17, 15) is 0 Å². The number of aromatic nitrogens is 3. The van der Waals surface area contributed by atoms with E-state index >= 15 is 0 Å². The van der Waals surface area contributed by atoms with Crippen LogP contribution in [0.3, 0.4) is 0 Å². The summed E-state index contributed by atoms with van der Waals surface area (Å²) in [6, 6.07) is 1.14. The maximum Gasteiger partial charge on any atom is 0.191 e. The first-order valence-electron chi connectivity index (χ1n) is 9.87. The molecule has 2 aliphatic heterocycles. The highest BCUT2D eigenvalue weighted by molar-refractivity contribution is 5.80. The predicted molar refractivity (Wildman–Crippen MR) is 101 cm³/mol. The molecule has 1 aromatic rings. The van der Waals surface area contributed by atoms with E-state index in [0.29, 0.717) is 18.6 Å². The highest BCUT2D eigenvalue weighted by Crippen LogP contribution is 2.15. The average Bonchev–Trinajstić information content (AvgIpc) is 3.03. The number of fused-ring (bicyclic) bond motifs is 1. The molecule has 0 spiro atoms. The lowest BCUT2D eigenvalue weighted by atomic mass is 10.0. The van der Waals surface area contributed by atoms with Gasteiger partial charge in [0.2, 0.25) is 0 Å². The van der Waals surface area contributed by atoms with Gasteiger partial charge in [-0.15, -0.1) is 10.2 Å². The fourth-order valence-electron chi connectivity index (χ4n) is 3.71. The fourth-order valence-corrected chi connectivity index (χ4v) is 3.71. The van der Waals surface area contributed by atoms with Gasteiger partial charge in [0.1, 0.15) is 12.4 Å². The Morgan fingerprint density at radius 1 is 1.20 bits per heavy atom. The molecule has 0 atom stereocenters. The van der Waals surface area contributed by atoms with Crippen molar-refractivity contribution in [1.82, 2.24) is 30.3 Å². The van der Waals surface area contributed by atoms with Crippen molar-refractivity contribution in [3.05, 3.63) is 11.6 Å². The minimum atomic E-state index is 0.500. The zero-order chi connectivity index (χ0) is 17.6. The van der Waals surface area contributed by atoms with Crippen LogP contribution in [0.2, 0.25) is 0 Å². The fraction of sp³-hybridized carbons (Fsp3) is 0.833. The van der Waals surface area contributed by atoms with E-state index in [4.69, 9.17) is 4.99 Å². The molecule has 1 fully saturated rings. The maximum atomic E-state index is 4.77. The van der Waals surface area contributed by atoms with E-state index in [0.717, 1.165) is 50.2 Å². The van der Waals surface area contributed by atoms with Crippen molar-refractivity contribution in [3.8, 4) is 0 Å². The predicted octanol–water partition coefficient (Wildman–Crippen LogP) is 1.54. The Morgan fingerprint density at radius 3 is 2.72 bits per heavy atom. The van der Waals surface area contributed by atoms with Gasteiger partial charge in [0.05, 0.1) is 0 Å². The second-order valence-corrected chi connectivity index (χ2v) is 7.38. The van der Waals surface area contributed by atoms with Crippen molar-refractivity contribution >= 4 is 5.96 Å². The Morgan fingerprint density at radius 2 is 2.00 bits per heavy atom. The lowest BCUT2D eigenvalue weighted by molar-refractivity contribution is 0.167. The number of likely N-dealkylation sites (tertiary alicyclic amines) is 1. The summed E-state index contributed by atoms with van der Waals surface area (Å²) in [7, 11) is 0. The summed E-state index contributed by atoms with van der Waals surface area (Å²) in [5.41, 5.74) is 0. The summed E-state index contributed by atoms with van der Waals surface area (Å²) in [5, 5.41) is 15.7. The summed E-state index contributed by atoms with van der Waals surface area (Å²) in [4.78, 5) is 7.32. The normalized spacial score (nSPS) is 19.9. The second kappa shape index (κ2) is 8.65. The van der Waals surface area contributed by atoms with Gasteiger partial charge in [-0.3, -0.25) is 0 Å². The van der Waals surface area contributed by atoms with E-state index in [1.54, 1.807) is 0 Å². The monoisotopic (exact) mass is 347 g/mol. The number of aryl methyl sites for hydroxylation is 1. The third kappa shape index (κ3) is 4.71. The van der Waals surface area contributed by atoms with Gasteiger partial charge in [0.15, 0.2) is 11.8 Å². The molecule has 0 aromatic carbocycles. The molecule has 0 aliphatic carbocycles. The van der Waals surface area contributed by atoms with Crippen LogP contribution in [0, 0.1) is 0 Å². The number of piperidine rings is 1. The zero-order valence-corrected chi connectivity index (χ0v) is 16.0. The number of nitrogens with zero attached hydrogens (tertiary/aromatic N) is 5. The Kier molecular flexibility index (Phi) is 6.29. The molecule has 3 rings (SSSR count). The topological polar surface area (TPSA) is 70.4 Å². The molecular weight excluding hydrogens is 314 g/mol. The first-order chi connectivity index (χ1) is 12.2. The van der Waals surface area contributed by atoms with Crippen LogP contribution in [0.5, 0.6) is 0 Å². The van der Waals surface area contributed by atoms with E-state index in [2.05, 4.69) is 51.1 Å². The van der Waals surface area contributed by atoms with Crippen molar-refractivity contribution in [2.24, 2.45) is 4.99 Å². The van der Waals surface area contributed by atoms with Crippen LogP contribution in [0.15, 0.2) is 4.99 Å². The Bertz CT molecular complexity index is 570. The Hall–Kier alpha value is -1.63. The van der Waals surface area contributed by atoms with Gasteiger partial charge in [-0.05, 0) is 46.5 Å². The smallest absolute Gasteiger partial charge is 0.191 e. The van der Waals surface area contributed by atoms with Gasteiger partial charge >= 0.3 is 0 Å². The Labute approximate surface area is 151 Å². The first-order valence-corrected chi connectivity index (χ1v) is 9.87. The lowest BCUT2D eigenvalue weighted by Gasteiger charge is -2.35. The van der Waals surface area contributed by atoms with Crippen molar-refractivity contribution < 1.29 is 0 Å². The van der Waals surface area contributed by atoms with Crippen LogP contribution >= 0.6 is 0 Å². The van der Waals surface area contributed by atoms with Crippen LogP contribution in [0.4, 0.5) is 0 Å². The van der Waals surface area contributed by atoms with Crippen LogP contribution < -0.4 is 10.6 Å². The number of nitrogens with one attached hydrogen (secondary N) is 2. The van der Waals surface area contributed by atoms with Crippen LogP contribution in [0.25, 0.3) is 0 Å². The molecule has 0 bridgehead atoms. The van der Waals surface area contributed by atoms with Gasteiger partial charge in [-0.1, -0.05) is 0 Å². The lowest BCUT2D eigenvalue weighted by Crippen LogP contribution is -2.49. The summed E-state index contributed by atoms with van der Waals surface area (Å²) in [6.45, 7) is 11.5. The van der Waals surface area contributed by atoms with Crippen molar-refractivity contribution in [3.63, 3.8) is 0 Å². The number of aliphatic imine (C=N–C) groups is 1. The van der Waals surface area contributed by atoms with E-state index in [-0.39, 0.29) is 0 Å². The Balaban J connectivity index is 1.57. The van der Waals surface area contributed by atoms with E-state index in [1.165, 1.54) is 25.7 Å². The minimum Gasteiger partial charge on any atom is -0.357 e. The largest absolute Gasteiger partial charge is 0.357 e. The summed E-state index contributed by atoms with van der Waals surface area (Å²) in [6.07, 6.45) is 5.82. The molecule has 1 aromatic heterocycles. The van der Waals surface area contributed by atoms with Crippen LogP contribution in [-0.4, -0.2) is 57.3 Å². The summed E-state index contributed by atoms with van der Waals surface area (Å²) < 4.78 is 2.25. The van der Waals surface area contributed by atoms with Gasteiger partial charge < -0.3 is 20.1 Å². The quantitative estimate of drug-likeness (QED) is 0.625. The molecule has 3 heterocycles. The average molecular weight is 348 g/mol.